The van der Waals surface area contributed by atoms with E-state index in [0.29, 0.717) is 16.1 Å². The highest BCUT2D eigenvalue weighted by molar-refractivity contribution is 9.10. The average Bonchev–Trinajstić information content (AvgIpc) is 2.57. The van der Waals surface area contributed by atoms with Crippen LogP contribution in [-0.2, 0) is 7.05 Å². The molecule has 0 aliphatic heterocycles. The normalized spacial score (nSPS) is 10.3. The van der Waals surface area contributed by atoms with Gasteiger partial charge in [0.05, 0.1) is 4.47 Å². The molecule has 6 heteroatoms. The van der Waals surface area contributed by atoms with Crippen LogP contribution in [0.3, 0.4) is 0 Å². The van der Waals surface area contributed by atoms with E-state index in [1.807, 2.05) is 0 Å². The summed E-state index contributed by atoms with van der Waals surface area (Å²) in [6.07, 6.45) is 1.48. The Hall–Kier alpha value is -1.43. The van der Waals surface area contributed by atoms with Crippen molar-refractivity contribution in [2.24, 2.45) is 7.05 Å². The predicted octanol–water partition coefficient (Wildman–Crippen LogP) is 2.51. The van der Waals surface area contributed by atoms with E-state index in [1.54, 1.807) is 7.05 Å². The van der Waals surface area contributed by atoms with Gasteiger partial charge in [0.2, 0.25) is 5.88 Å². The number of ether oxygens (including phenoxy) is 1. The van der Waals surface area contributed by atoms with Gasteiger partial charge in [0, 0.05) is 7.05 Å². The number of aryl methyl sites for hydroxylation is 1. The first-order valence-electron chi connectivity index (χ1n) is 4.14. The first-order chi connectivity index (χ1) is 7.16. The summed E-state index contributed by atoms with van der Waals surface area (Å²) >= 11 is 3.20. The van der Waals surface area contributed by atoms with Crippen LogP contribution in [0.4, 0.5) is 4.39 Å². The molecule has 15 heavy (non-hydrogen) atoms. The molecule has 0 spiro atoms. The van der Waals surface area contributed by atoms with Gasteiger partial charge in [-0.05, 0) is 34.1 Å². The standard InChI is InChI=1S/C9H7BrFN3O/c1-14-9(5-12-13-14)15-8-3-2-6(11)4-7(8)10/h2-5H,1H3. The molecule has 1 heterocycles. The molecule has 0 radical (unpaired) electrons. The van der Waals surface area contributed by atoms with Gasteiger partial charge >= 0.3 is 0 Å². The molecule has 0 saturated carbocycles. The molecular formula is C9H7BrFN3O. The Balaban J connectivity index is 2.29. The molecule has 78 valence electrons. The highest BCUT2D eigenvalue weighted by Gasteiger charge is 2.06. The monoisotopic (exact) mass is 271 g/mol. The fourth-order valence-electron chi connectivity index (χ4n) is 1.04. The minimum atomic E-state index is -0.322. The summed E-state index contributed by atoms with van der Waals surface area (Å²) in [4.78, 5) is 0. The van der Waals surface area contributed by atoms with Gasteiger partial charge in [-0.3, -0.25) is 0 Å². The van der Waals surface area contributed by atoms with E-state index in [2.05, 4.69) is 26.2 Å². The zero-order chi connectivity index (χ0) is 10.8. The fraction of sp³-hybridized carbons (Fsp3) is 0.111. The molecule has 1 aromatic heterocycles. The average molecular weight is 272 g/mol. The number of halogens is 2. The van der Waals surface area contributed by atoms with Crippen LogP contribution in [0.1, 0.15) is 0 Å². The van der Waals surface area contributed by atoms with E-state index in [4.69, 9.17) is 4.74 Å². The van der Waals surface area contributed by atoms with Crippen molar-refractivity contribution in [2.45, 2.75) is 0 Å². The third-order valence-corrected chi connectivity index (χ3v) is 2.40. The van der Waals surface area contributed by atoms with E-state index >= 15 is 0 Å². The topological polar surface area (TPSA) is 39.9 Å². The molecule has 0 N–H and O–H groups in total. The van der Waals surface area contributed by atoms with Crippen LogP contribution in [-0.4, -0.2) is 15.0 Å². The van der Waals surface area contributed by atoms with Crippen LogP contribution in [0.25, 0.3) is 0 Å². The summed E-state index contributed by atoms with van der Waals surface area (Å²) in [6.45, 7) is 0. The first-order valence-corrected chi connectivity index (χ1v) is 4.93. The molecule has 2 aromatic rings. The van der Waals surface area contributed by atoms with Crippen LogP contribution in [0, 0.1) is 5.82 Å². The molecule has 0 amide bonds. The predicted molar refractivity (Wildman–Crippen MR) is 55.2 cm³/mol. The van der Waals surface area contributed by atoms with Crippen molar-refractivity contribution < 1.29 is 9.13 Å². The Bertz CT molecular complexity index is 486. The van der Waals surface area contributed by atoms with Crippen molar-refractivity contribution in [3.05, 3.63) is 34.7 Å². The molecule has 0 aliphatic rings. The molecule has 0 saturated heterocycles. The van der Waals surface area contributed by atoms with Crippen LogP contribution in [0.15, 0.2) is 28.9 Å². The summed E-state index contributed by atoms with van der Waals surface area (Å²) in [5, 5.41) is 7.38. The zero-order valence-electron chi connectivity index (χ0n) is 7.82. The molecule has 0 bridgehead atoms. The maximum Gasteiger partial charge on any atom is 0.237 e. The molecular weight excluding hydrogens is 265 g/mol. The fourth-order valence-corrected chi connectivity index (χ4v) is 1.48. The van der Waals surface area contributed by atoms with Crippen molar-refractivity contribution >= 4 is 15.9 Å². The van der Waals surface area contributed by atoms with E-state index in [1.165, 1.54) is 29.1 Å². The second kappa shape index (κ2) is 3.98. The lowest BCUT2D eigenvalue weighted by Crippen LogP contribution is -1.95. The van der Waals surface area contributed by atoms with Crippen LogP contribution in [0.2, 0.25) is 0 Å². The van der Waals surface area contributed by atoms with Gasteiger partial charge in [-0.2, -0.15) is 0 Å². The largest absolute Gasteiger partial charge is 0.436 e. The molecule has 2 rings (SSSR count). The Morgan fingerprint density at radius 3 is 2.87 bits per heavy atom. The van der Waals surface area contributed by atoms with Crippen LogP contribution >= 0.6 is 15.9 Å². The Morgan fingerprint density at radius 2 is 2.27 bits per heavy atom. The quantitative estimate of drug-likeness (QED) is 0.843. The summed E-state index contributed by atoms with van der Waals surface area (Å²) in [6, 6.07) is 4.19. The van der Waals surface area contributed by atoms with Crippen molar-refractivity contribution in [1.82, 2.24) is 15.0 Å². The smallest absolute Gasteiger partial charge is 0.237 e. The summed E-state index contributed by atoms with van der Waals surface area (Å²) < 4.78 is 20.3. The van der Waals surface area contributed by atoms with Crippen molar-refractivity contribution in [1.29, 1.82) is 0 Å². The molecule has 0 aliphatic carbocycles. The third kappa shape index (κ3) is 2.15. The molecule has 1 aromatic carbocycles. The molecule has 4 nitrogen and oxygen atoms in total. The number of hydrogen-bond donors (Lipinski definition) is 0. The van der Waals surface area contributed by atoms with Gasteiger partial charge in [0.15, 0.2) is 0 Å². The number of rotatable bonds is 2. The van der Waals surface area contributed by atoms with Gasteiger partial charge in [-0.15, -0.1) is 5.10 Å². The SMILES string of the molecule is Cn1nncc1Oc1ccc(F)cc1Br. The number of benzene rings is 1. The Morgan fingerprint density at radius 1 is 1.47 bits per heavy atom. The lowest BCUT2D eigenvalue weighted by molar-refractivity contribution is 0.426. The van der Waals surface area contributed by atoms with Gasteiger partial charge in [0.1, 0.15) is 17.8 Å². The number of aromatic nitrogens is 3. The lowest BCUT2D eigenvalue weighted by Gasteiger charge is -2.06. The van der Waals surface area contributed by atoms with Crippen molar-refractivity contribution in [2.75, 3.05) is 0 Å². The number of nitrogens with zero attached hydrogens (tertiary/aromatic N) is 3. The van der Waals surface area contributed by atoms with Gasteiger partial charge in [0.25, 0.3) is 0 Å². The van der Waals surface area contributed by atoms with E-state index in [0.717, 1.165) is 0 Å². The Kier molecular flexibility index (Phi) is 2.68. The minimum Gasteiger partial charge on any atom is -0.436 e. The molecule has 0 fully saturated rings. The first kappa shape index (κ1) is 10.1. The summed E-state index contributed by atoms with van der Waals surface area (Å²) in [5.74, 6) is 0.682. The third-order valence-electron chi connectivity index (χ3n) is 1.78. The van der Waals surface area contributed by atoms with Gasteiger partial charge < -0.3 is 4.74 Å². The van der Waals surface area contributed by atoms with Crippen LogP contribution in [0.5, 0.6) is 11.6 Å². The highest BCUT2D eigenvalue weighted by atomic mass is 79.9. The van der Waals surface area contributed by atoms with E-state index in [9.17, 15) is 4.39 Å². The van der Waals surface area contributed by atoms with Crippen LogP contribution < -0.4 is 4.74 Å². The highest BCUT2D eigenvalue weighted by Crippen LogP contribution is 2.29. The van der Waals surface area contributed by atoms with Gasteiger partial charge in [-0.25, -0.2) is 9.07 Å². The van der Waals surface area contributed by atoms with Gasteiger partial charge in [-0.1, -0.05) is 5.21 Å². The van der Waals surface area contributed by atoms with Crippen molar-refractivity contribution in [3.8, 4) is 11.6 Å². The Labute approximate surface area is 93.8 Å². The second-order valence-electron chi connectivity index (χ2n) is 2.87. The number of hydrogen-bond acceptors (Lipinski definition) is 3. The summed E-state index contributed by atoms with van der Waals surface area (Å²) in [5.41, 5.74) is 0. The maximum atomic E-state index is 12.8. The second-order valence-corrected chi connectivity index (χ2v) is 3.73. The summed E-state index contributed by atoms with van der Waals surface area (Å²) in [7, 11) is 1.71. The molecule has 0 atom stereocenters. The van der Waals surface area contributed by atoms with E-state index < -0.39 is 0 Å². The maximum absolute atomic E-state index is 12.8. The molecule has 0 unspecified atom stereocenters. The lowest BCUT2D eigenvalue weighted by atomic mass is 10.3. The minimum absolute atomic E-state index is 0.322. The zero-order valence-corrected chi connectivity index (χ0v) is 9.40. The van der Waals surface area contributed by atoms with E-state index in [-0.39, 0.29) is 5.82 Å². The van der Waals surface area contributed by atoms with Crippen molar-refractivity contribution in [3.63, 3.8) is 0 Å².